The van der Waals surface area contributed by atoms with Crippen molar-refractivity contribution in [3.05, 3.63) is 34.9 Å². The van der Waals surface area contributed by atoms with E-state index in [1.165, 1.54) is 5.56 Å². The zero-order valence-corrected chi connectivity index (χ0v) is 15.2. The average Bonchev–Trinajstić information content (AvgIpc) is 2.54. The average molecular weight is 341 g/mol. The third-order valence-corrected chi connectivity index (χ3v) is 3.64. The Morgan fingerprint density at radius 3 is 2.61 bits per heavy atom. The van der Waals surface area contributed by atoms with Gasteiger partial charge in [0.1, 0.15) is 0 Å². The van der Waals surface area contributed by atoms with Crippen molar-refractivity contribution < 1.29 is 4.74 Å². The molecule has 6 heteroatoms. The first-order chi connectivity index (χ1) is 11.2. The molecule has 0 radical (unpaired) electrons. The van der Waals surface area contributed by atoms with E-state index < -0.39 is 0 Å². The molecule has 1 aromatic carbocycles. The van der Waals surface area contributed by atoms with E-state index in [4.69, 9.17) is 16.3 Å². The lowest BCUT2D eigenvalue weighted by Crippen LogP contribution is -2.39. The first-order valence-corrected chi connectivity index (χ1v) is 8.47. The molecule has 0 unspecified atom stereocenters. The lowest BCUT2D eigenvalue weighted by Gasteiger charge is -2.15. The second-order valence-corrected chi connectivity index (χ2v) is 5.80. The summed E-state index contributed by atoms with van der Waals surface area (Å²) in [5, 5.41) is 7.41. The summed E-state index contributed by atoms with van der Waals surface area (Å²) in [6.45, 7) is 7.11. The normalized spacial score (nSPS) is 11.8. The standard InChI is InChI=1S/C17H29ClN4O/c1-4-19-17(21-11-12-22(2)13-14-23-3)20-10-9-15-5-7-16(18)8-6-15/h5-8H,4,9-14H2,1-3H3,(H2,19,20,21). The fourth-order valence-electron chi connectivity index (χ4n) is 2.01. The second-order valence-electron chi connectivity index (χ2n) is 5.36. The lowest BCUT2D eigenvalue weighted by atomic mass is 10.1. The number of aliphatic imine (C=N–C) groups is 1. The van der Waals surface area contributed by atoms with Crippen LogP contribution in [-0.2, 0) is 11.2 Å². The minimum absolute atomic E-state index is 0.750. The fraction of sp³-hybridized carbons (Fsp3) is 0.588. The Balaban J connectivity index is 2.32. The number of nitrogens with one attached hydrogen (secondary N) is 2. The van der Waals surface area contributed by atoms with E-state index in [1.807, 2.05) is 12.1 Å². The number of hydrogen-bond acceptors (Lipinski definition) is 3. The Morgan fingerprint density at radius 1 is 1.22 bits per heavy atom. The second kappa shape index (κ2) is 12.2. The molecule has 0 amide bonds. The van der Waals surface area contributed by atoms with Gasteiger partial charge in [-0.1, -0.05) is 23.7 Å². The first kappa shape index (κ1) is 19.7. The number of nitrogens with zero attached hydrogens (tertiary/aromatic N) is 2. The zero-order valence-electron chi connectivity index (χ0n) is 14.4. The molecule has 2 N–H and O–H groups in total. The van der Waals surface area contributed by atoms with Crippen LogP contribution in [-0.4, -0.2) is 64.3 Å². The van der Waals surface area contributed by atoms with Crippen LogP contribution >= 0.6 is 11.6 Å². The van der Waals surface area contributed by atoms with E-state index in [2.05, 4.69) is 46.6 Å². The highest BCUT2D eigenvalue weighted by Gasteiger charge is 2.00. The molecule has 1 aromatic rings. The molecular formula is C17H29ClN4O. The predicted molar refractivity (Wildman–Crippen MR) is 98.5 cm³/mol. The molecule has 0 aromatic heterocycles. The molecule has 0 bridgehead atoms. The van der Waals surface area contributed by atoms with Gasteiger partial charge in [0.05, 0.1) is 13.2 Å². The molecule has 0 saturated carbocycles. The number of rotatable bonds is 10. The summed E-state index contributed by atoms with van der Waals surface area (Å²) in [5.41, 5.74) is 1.26. The van der Waals surface area contributed by atoms with Crippen molar-refractivity contribution >= 4 is 17.6 Å². The van der Waals surface area contributed by atoms with Gasteiger partial charge in [-0.2, -0.15) is 0 Å². The van der Waals surface area contributed by atoms with E-state index in [1.54, 1.807) is 7.11 Å². The van der Waals surface area contributed by atoms with Gasteiger partial charge in [0.15, 0.2) is 5.96 Å². The molecule has 5 nitrogen and oxygen atoms in total. The summed E-state index contributed by atoms with van der Waals surface area (Å²) < 4.78 is 5.07. The SMILES string of the molecule is CCNC(=NCCN(C)CCOC)NCCc1ccc(Cl)cc1. The van der Waals surface area contributed by atoms with Gasteiger partial charge < -0.3 is 20.3 Å². The van der Waals surface area contributed by atoms with Crippen molar-refractivity contribution in [1.82, 2.24) is 15.5 Å². The van der Waals surface area contributed by atoms with Gasteiger partial charge in [-0.3, -0.25) is 4.99 Å². The van der Waals surface area contributed by atoms with Crippen LogP contribution in [0.25, 0.3) is 0 Å². The molecule has 0 fully saturated rings. The van der Waals surface area contributed by atoms with Crippen molar-refractivity contribution in [2.75, 3.05) is 53.5 Å². The Morgan fingerprint density at radius 2 is 1.96 bits per heavy atom. The summed E-state index contributed by atoms with van der Waals surface area (Å²) in [7, 11) is 3.80. The quantitative estimate of drug-likeness (QED) is 0.505. The molecule has 0 atom stereocenters. The molecule has 0 spiro atoms. The zero-order chi connectivity index (χ0) is 16.9. The van der Waals surface area contributed by atoms with E-state index in [0.29, 0.717) is 0 Å². The summed E-state index contributed by atoms with van der Waals surface area (Å²) >= 11 is 5.90. The maximum Gasteiger partial charge on any atom is 0.191 e. The van der Waals surface area contributed by atoms with Crippen molar-refractivity contribution in [3.63, 3.8) is 0 Å². The van der Waals surface area contributed by atoms with Crippen LogP contribution in [0.15, 0.2) is 29.3 Å². The monoisotopic (exact) mass is 340 g/mol. The van der Waals surface area contributed by atoms with Crippen LogP contribution in [0, 0.1) is 0 Å². The third-order valence-electron chi connectivity index (χ3n) is 3.39. The largest absolute Gasteiger partial charge is 0.383 e. The topological polar surface area (TPSA) is 48.9 Å². The van der Waals surface area contributed by atoms with Gasteiger partial charge in [-0.05, 0) is 38.1 Å². The van der Waals surface area contributed by atoms with Crippen LogP contribution in [0.3, 0.4) is 0 Å². The summed E-state index contributed by atoms with van der Waals surface area (Å²) in [6.07, 6.45) is 0.940. The molecule has 0 saturated heterocycles. The van der Waals surface area contributed by atoms with Crippen molar-refractivity contribution in [1.29, 1.82) is 0 Å². The van der Waals surface area contributed by atoms with Crippen LogP contribution < -0.4 is 10.6 Å². The van der Waals surface area contributed by atoms with E-state index >= 15 is 0 Å². The van der Waals surface area contributed by atoms with E-state index in [0.717, 1.165) is 56.7 Å². The summed E-state index contributed by atoms with van der Waals surface area (Å²) in [6, 6.07) is 7.95. The van der Waals surface area contributed by atoms with Crippen molar-refractivity contribution in [3.8, 4) is 0 Å². The van der Waals surface area contributed by atoms with E-state index in [-0.39, 0.29) is 0 Å². The van der Waals surface area contributed by atoms with Gasteiger partial charge in [0.25, 0.3) is 0 Å². The number of benzene rings is 1. The van der Waals surface area contributed by atoms with Gasteiger partial charge in [0.2, 0.25) is 0 Å². The highest BCUT2D eigenvalue weighted by atomic mass is 35.5. The Hall–Kier alpha value is -1.30. The van der Waals surface area contributed by atoms with Gasteiger partial charge >= 0.3 is 0 Å². The highest BCUT2D eigenvalue weighted by Crippen LogP contribution is 2.09. The molecule has 0 aliphatic carbocycles. The lowest BCUT2D eigenvalue weighted by molar-refractivity contribution is 0.163. The maximum atomic E-state index is 5.90. The molecular weight excluding hydrogens is 312 g/mol. The minimum atomic E-state index is 0.750. The third kappa shape index (κ3) is 9.43. The summed E-state index contributed by atoms with van der Waals surface area (Å²) in [5.74, 6) is 0.863. The van der Waals surface area contributed by atoms with Gasteiger partial charge in [-0.25, -0.2) is 0 Å². The number of hydrogen-bond donors (Lipinski definition) is 2. The molecule has 23 heavy (non-hydrogen) atoms. The number of likely N-dealkylation sites (N-methyl/N-ethyl adjacent to an activating group) is 1. The van der Waals surface area contributed by atoms with Crippen molar-refractivity contribution in [2.45, 2.75) is 13.3 Å². The van der Waals surface area contributed by atoms with Gasteiger partial charge in [0, 0.05) is 38.3 Å². The van der Waals surface area contributed by atoms with Crippen molar-refractivity contribution in [2.24, 2.45) is 4.99 Å². The summed E-state index contributed by atoms with van der Waals surface area (Å²) in [4.78, 5) is 6.81. The Labute approximate surface area is 145 Å². The van der Waals surface area contributed by atoms with Gasteiger partial charge in [-0.15, -0.1) is 0 Å². The molecule has 0 aliphatic heterocycles. The van der Waals surface area contributed by atoms with Crippen LogP contribution in [0.1, 0.15) is 12.5 Å². The Kier molecular flexibility index (Phi) is 10.4. The molecule has 1 rings (SSSR count). The molecule has 0 heterocycles. The maximum absolute atomic E-state index is 5.90. The van der Waals surface area contributed by atoms with Crippen LogP contribution in [0.5, 0.6) is 0 Å². The number of halogens is 1. The number of guanidine groups is 1. The minimum Gasteiger partial charge on any atom is -0.383 e. The molecule has 130 valence electrons. The van der Waals surface area contributed by atoms with E-state index in [9.17, 15) is 0 Å². The van der Waals surface area contributed by atoms with Crippen LogP contribution in [0.4, 0.5) is 0 Å². The molecule has 0 aliphatic rings. The smallest absolute Gasteiger partial charge is 0.191 e. The fourth-order valence-corrected chi connectivity index (χ4v) is 2.14. The first-order valence-electron chi connectivity index (χ1n) is 8.09. The Bertz CT molecular complexity index is 450. The highest BCUT2D eigenvalue weighted by molar-refractivity contribution is 6.30. The number of ether oxygens (including phenoxy) is 1. The number of methoxy groups -OCH3 is 1. The predicted octanol–water partition coefficient (Wildman–Crippen LogP) is 2.02. The van der Waals surface area contributed by atoms with Crippen LogP contribution in [0.2, 0.25) is 5.02 Å².